The summed E-state index contributed by atoms with van der Waals surface area (Å²) in [5, 5.41) is 0.410. The molecule has 0 saturated heterocycles. The lowest BCUT2D eigenvalue weighted by Gasteiger charge is -2.12. The maximum atomic E-state index is 12.0. The Morgan fingerprint density at radius 1 is 1.05 bits per heavy atom. The number of rotatable bonds is 4. The van der Waals surface area contributed by atoms with Crippen LogP contribution < -0.4 is 10.9 Å². The third-order valence-electron chi connectivity index (χ3n) is 2.85. The minimum absolute atomic E-state index is 0.302. The summed E-state index contributed by atoms with van der Waals surface area (Å²) in [5.74, 6) is -0.302. The minimum Gasteiger partial charge on any atom is -0.298 e. The molecule has 0 fully saturated rings. The first-order chi connectivity index (χ1) is 9.58. The second-order valence-corrected chi connectivity index (χ2v) is 4.81. The Kier molecular flexibility index (Phi) is 4.43. The summed E-state index contributed by atoms with van der Waals surface area (Å²) < 4.78 is 0. The Balaban J connectivity index is 1.99. The number of benzene rings is 2. The van der Waals surface area contributed by atoms with Crippen molar-refractivity contribution in [3.63, 3.8) is 0 Å². The average Bonchev–Trinajstić information content (AvgIpc) is 2.45. The molecule has 4 heteroatoms. The first-order valence-corrected chi connectivity index (χ1v) is 6.52. The first-order valence-electron chi connectivity index (χ1n) is 6.15. The molecule has 0 spiro atoms. The van der Waals surface area contributed by atoms with Gasteiger partial charge in [-0.3, -0.25) is 15.6 Å². The van der Waals surface area contributed by atoms with Crippen molar-refractivity contribution in [2.24, 2.45) is 0 Å². The zero-order valence-corrected chi connectivity index (χ0v) is 11.9. The second-order valence-electron chi connectivity index (χ2n) is 4.40. The lowest BCUT2D eigenvalue weighted by Crippen LogP contribution is -2.35. The maximum Gasteiger partial charge on any atom is 0.271 e. The minimum atomic E-state index is -0.302. The van der Waals surface area contributed by atoms with Crippen molar-refractivity contribution < 1.29 is 4.79 Å². The Bertz CT molecular complexity index is 635. The molecule has 0 atom stereocenters. The smallest absolute Gasteiger partial charge is 0.271 e. The molecule has 2 aromatic rings. The van der Waals surface area contributed by atoms with Crippen LogP contribution in [-0.2, 0) is 0 Å². The molecule has 0 aromatic heterocycles. The van der Waals surface area contributed by atoms with E-state index in [0.29, 0.717) is 16.3 Å². The number of carbonyl (C=O) groups is 1. The molecule has 0 aliphatic heterocycles. The highest BCUT2D eigenvalue weighted by Gasteiger charge is 2.09. The number of hydrogen-bond acceptors (Lipinski definition) is 2. The van der Waals surface area contributed by atoms with Crippen LogP contribution >= 0.6 is 11.6 Å². The summed E-state index contributed by atoms with van der Waals surface area (Å²) in [6.07, 6.45) is 0. The van der Waals surface area contributed by atoms with Crippen LogP contribution in [0.3, 0.4) is 0 Å². The van der Waals surface area contributed by atoms with Gasteiger partial charge in [-0.15, -0.1) is 0 Å². The summed E-state index contributed by atoms with van der Waals surface area (Å²) in [5.41, 5.74) is 8.48. The van der Waals surface area contributed by atoms with Crippen molar-refractivity contribution in [2.75, 3.05) is 0 Å². The van der Waals surface area contributed by atoms with Gasteiger partial charge in [0.25, 0.3) is 5.91 Å². The molecule has 2 N–H and O–H groups in total. The number of hydrazine groups is 1. The van der Waals surface area contributed by atoms with Gasteiger partial charge in [-0.25, -0.2) is 0 Å². The number of carbonyl (C=O) groups excluding carboxylic acids is 1. The van der Waals surface area contributed by atoms with Crippen molar-refractivity contribution in [2.45, 2.75) is 6.92 Å². The quantitative estimate of drug-likeness (QED) is 0.844. The number of hydrogen-bond donors (Lipinski definition) is 2. The molecule has 2 rings (SSSR count). The van der Waals surface area contributed by atoms with Gasteiger partial charge in [-0.2, -0.15) is 0 Å². The molecule has 1 amide bonds. The van der Waals surface area contributed by atoms with Crippen LogP contribution in [0.2, 0.25) is 5.02 Å². The van der Waals surface area contributed by atoms with Crippen LogP contribution in [-0.4, -0.2) is 5.91 Å². The summed E-state index contributed by atoms with van der Waals surface area (Å²) in [6, 6.07) is 14.7. The lowest BCUT2D eigenvalue weighted by molar-refractivity contribution is 0.0942. The highest BCUT2D eigenvalue weighted by molar-refractivity contribution is 6.33. The van der Waals surface area contributed by atoms with Crippen LogP contribution in [0.25, 0.3) is 5.70 Å². The van der Waals surface area contributed by atoms with Gasteiger partial charge in [0.2, 0.25) is 0 Å². The molecule has 0 saturated carbocycles. The van der Waals surface area contributed by atoms with Crippen LogP contribution in [0.15, 0.2) is 55.1 Å². The molecular weight excluding hydrogens is 272 g/mol. The van der Waals surface area contributed by atoms with E-state index < -0.39 is 0 Å². The molecule has 0 radical (unpaired) electrons. The fraction of sp³-hybridized carbons (Fsp3) is 0.0625. The SMILES string of the molecule is C=C(NNC(=O)c1ccccc1Cl)c1ccc(C)cc1. The number of aryl methyl sites for hydroxylation is 1. The Hall–Kier alpha value is -2.26. The third kappa shape index (κ3) is 3.39. The second kappa shape index (κ2) is 6.26. The largest absolute Gasteiger partial charge is 0.298 e. The van der Waals surface area contributed by atoms with Crippen LogP contribution in [0.1, 0.15) is 21.5 Å². The van der Waals surface area contributed by atoms with E-state index in [-0.39, 0.29) is 5.91 Å². The van der Waals surface area contributed by atoms with Gasteiger partial charge in [-0.1, -0.05) is 60.1 Å². The van der Waals surface area contributed by atoms with Crippen molar-refractivity contribution >= 4 is 23.2 Å². The van der Waals surface area contributed by atoms with Gasteiger partial charge in [0.1, 0.15) is 0 Å². The topological polar surface area (TPSA) is 41.1 Å². The van der Waals surface area contributed by atoms with E-state index in [0.717, 1.165) is 5.56 Å². The molecule has 0 unspecified atom stereocenters. The predicted molar refractivity (Wildman–Crippen MR) is 82.3 cm³/mol. The molecule has 20 heavy (non-hydrogen) atoms. The highest BCUT2D eigenvalue weighted by Crippen LogP contribution is 2.14. The van der Waals surface area contributed by atoms with E-state index in [1.54, 1.807) is 24.3 Å². The first kappa shape index (κ1) is 14.2. The van der Waals surface area contributed by atoms with E-state index >= 15 is 0 Å². The number of amides is 1. The van der Waals surface area contributed by atoms with E-state index in [1.165, 1.54) is 5.56 Å². The molecular formula is C16H15ClN2O. The average molecular weight is 287 g/mol. The molecule has 0 aliphatic rings. The number of halogens is 1. The van der Waals surface area contributed by atoms with Gasteiger partial charge in [0.05, 0.1) is 16.3 Å². The summed E-state index contributed by atoms with van der Waals surface area (Å²) in [6.45, 7) is 5.90. The van der Waals surface area contributed by atoms with Gasteiger partial charge >= 0.3 is 0 Å². The summed E-state index contributed by atoms with van der Waals surface area (Å²) in [7, 11) is 0. The summed E-state index contributed by atoms with van der Waals surface area (Å²) >= 11 is 5.96. The fourth-order valence-electron chi connectivity index (χ4n) is 1.67. The molecule has 3 nitrogen and oxygen atoms in total. The van der Waals surface area contributed by atoms with Crippen molar-refractivity contribution in [3.8, 4) is 0 Å². The monoisotopic (exact) mass is 286 g/mol. The van der Waals surface area contributed by atoms with Crippen molar-refractivity contribution in [1.82, 2.24) is 10.9 Å². The van der Waals surface area contributed by atoms with Crippen molar-refractivity contribution in [3.05, 3.63) is 76.8 Å². The van der Waals surface area contributed by atoms with E-state index in [9.17, 15) is 4.79 Å². The predicted octanol–water partition coefficient (Wildman–Crippen LogP) is 3.55. The van der Waals surface area contributed by atoms with Gasteiger partial charge in [0, 0.05) is 0 Å². The van der Waals surface area contributed by atoms with Crippen LogP contribution in [0.4, 0.5) is 0 Å². The Morgan fingerprint density at radius 3 is 2.35 bits per heavy atom. The van der Waals surface area contributed by atoms with E-state index in [2.05, 4.69) is 17.4 Å². The number of nitrogens with one attached hydrogen (secondary N) is 2. The Labute approximate surface area is 123 Å². The standard InChI is InChI=1S/C16H15ClN2O/c1-11-7-9-13(10-8-11)12(2)18-19-16(20)14-5-3-4-6-15(14)17/h3-10,18H,2H2,1H3,(H,19,20). The normalized spacial score (nSPS) is 9.90. The third-order valence-corrected chi connectivity index (χ3v) is 3.18. The van der Waals surface area contributed by atoms with E-state index in [1.807, 2.05) is 31.2 Å². The molecule has 2 aromatic carbocycles. The van der Waals surface area contributed by atoms with E-state index in [4.69, 9.17) is 11.6 Å². The molecule has 0 bridgehead atoms. The molecule has 0 heterocycles. The molecule has 102 valence electrons. The van der Waals surface area contributed by atoms with Crippen LogP contribution in [0, 0.1) is 6.92 Å². The lowest BCUT2D eigenvalue weighted by atomic mass is 10.1. The van der Waals surface area contributed by atoms with Gasteiger partial charge in [0.15, 0.2) is 0 Å². The Morgan fingerprint density at radius 2 is 1.70 bits per heavy atom. The zero-order chi connectivity index (χ0) is 14.5. The summed E-state index contributed by atoms with van der Waals surface area (Å²) in [4.78, 5) is 12.0. The zero-order valence-electron chi connectivity index (χ0n) is 11.1. The maximum absolute atomic E-state index is 12.0. The van der Waals surface area contributed by atoms with Crippen molar-refractivity contribution in [1.29, 1.82) is 0 Å². The highest BCUT2D eigenvalue weighted by atomic mass is 35.5. The van der Waals surface area contributed by atoms with Gasteiger partial charge < -0.3 is 0 Å². The van der Waals surface area contributed by atoms with Crippen LogP contribution in [0.5, 0.6) is 0 Å². The molecule has 0 aliphatic carbocycles. The van der Waals surface area contributed by atoms with Gasteiger partial charge in [-0.05, 0) is 24.6 Å². The fourth-order valence-corrected chi connectivity index (χ4v) is 1.89.